The van der Waals surface area contributed by atoms with Crippen LogP contribution in [0.3, 0.4) is 0 Å². The number of hydrogen-bond donors (Lipinski definition) is 1. The minimum Gasteiger partial charge on any atom is -0.457 e. The third kappa shape index (κ3) is 2.03. The molecule has 0 unspecified atom stereocenters. The lowest BCUT2D eigenvalue weighted by atomic mass is 10.2. The molecule has 7 heteroatoms. The first kappa shape index (κ1) is 12.3. The maximum atomic E-state index is 13.3. The van der Waals surface area contributed by atoms with Crippen molar-refractivity contribution in [3.05, 3.63) is 42.0 Å². The van der Waals surface area contributed by atoms with Gasteiger partial charge in [-0.1, -0.05) is 5.21 Å². The summed E-state index contributed by atoms with van der Waals surface area (Å²) in [7, 11) is 1.76. The Kier molecular flexibility index (Phi) is 2.74. The largest absolute Gasteiger partial charge is 0.457 e. The van der Waals surface area contributed by atoms with Crippen LogP contribution in [0, 0.1) is 11.6 Å². The van der Waals surface area contributed by atoms with Crippen molar-refractivity contribution in [3.8, 4) is 11.5 Å². The first-order valence-corrected chi connectivity index (χ1v) is 5.76. The van der Waals surface area contributed by atoms with Crippen molar-refractivity contribution >= 4 is 16.7 Å². The zero-order valence-electron chi connectivity index (χ0n) is 10.5. The Labute approximate surface area is 112 Å². The number of aromatic nitrogens is 3. The zero-order chi connectivity index (χ0) is 14.3. The Morgan fingerprint density at radius 3 is 2.50 bits per heavy atom. The molecular weight excluding hydrogens is 266 g/mol. The van der Waals surface area contributed by atoms with E-state index in [1.807, 2.05) is 0 Å². The summed E-state index contributed by atoms with van der Waals surface area (Å²) in [6, 6.07) is 7.11. The van der Waals surface area contributed by atoms with Gasteiger partial charge in [0.1, 0.15) is 22.7 Å². The van der Waals surface area contributed by atoms with E-state index in [2.05, 4.69) is 10.3 Å². The quantitative estimate of drug-likeness (QED) is 0.731. The molecule has 2 aromatic carbocycles. The molecule has 0 aliphatic rings. The highest BCUT2D eigenvalue weighted by Gasteiger charge is 2.10. The monoisotopic (exact) mass is 276 g/mol. The number of rotatable bonds is 2. The van der Waals surface area contributed by atoms with Gasteiger partial charge < -0.3 is 10.5 Å². The number of benzene rings is 2. The van der Waals surface area contributed by atoms with E-state index in [0.717, 1.165) is 17.6 Å². The Balaban J connectivity index is 1.96. The molecular formula is C13H10F2N4O. The van der Waals surface area contributed by atoms with Crippen LogP contribution in [-0.2, 0) is 7.05 Å². The second-order valence-electron chi connectivity index (χ2n) is 4.27. The summed E-state index contributed by atoms with van der Waals surface area (Å²) in [5.74, 6) is -1.29. The normalized spacial score (nSPS) is 10.9. The van der Waals surface area contributed by atoms with Crippen LogP contribution in [0.15, 0.2) is 30.3 Å². The number of fused-ring (bicyclic) bond motifs is 1. The second-order valence-corrected chi connectivity index (χ2v) is 4.27. The van der Waals surface area contributed by atoms with Gasteiger partial charge in [0, 0.05) is 25.2 Å². The van der Waals surface area contributed by atoms with Crippen molar-refractivity contribution in [1.29, 1.82) is 0 Å². The van der Waals surface area contributed by atoms with Gasteiger partial charge in [0.2, 0.25) is 0 Å². The van der Waals surface area contributed by atoms with Crippen molar-refractivity contribution in [2.45, 2.75) is 0 Å². The number of aryl methyl sites for hydroxylation is 1. The Hall–Kier alpha value is -2.70. The molecule has 0 aliphatic carbocycles. The smallest absolute Gasteiger partial charge is 0.152 e. The summed E-state index contributed by atoms with van der Waals surface area (Å²) < 4.78 is 33.7. The number of nitrogens with two attached hydrogens (primary N) is 1. The molecule has 102 valence electrons. The zero-order valence-corrected chi connectivity index (χ0v) is 10.5. The van der Waals surface area contributed by atoms with Crippen molar-refractivity contribution in [2.24, 2.45) is 7.05 Å². The second kappa shape index (κ2) is 4.44. The van der Waals surface area contributed by atoms with Crippen LogP contribution in [0.5, 0.6) is 11.5 Å². The van der Waals surface area contributed by atoms with Gasteiger partial charge in [-0.15, -0.1) is 5.10 Å². The SMILES string of the molecule is Cn1nnc2cc(Oc3cc(F)c(N)c(F)c3)ccc21. The van der Waals surface area contributed by atoms with Gasteiger partial charge >= 0.3 is 0 Å². The molecule has 0 saturated carbocycles. The number of halogens is 2. The lowest BCUT2D eigenvalue weighted by molar-refractivity contribution is 0.470. The van der Waals surface area contributed by atoms with Crippen LogP contribution < -0.4 is 10.5 Å². The molecule has 0 radical (unpaired) electrons. The molecule has 0 spiro atoms. The molecule has 5 nitrogen and oxygen atoms in total. The average Bonchev–Trinajstić information content (AvgIpc) is 2.77. The van der Waals surface area contributed by atoms with Crippen LogP contribution in [0.1, 0.15) is 0 Å². The van der Waals surface area contributed by atoms with Crippen molar-refractivity contribution in [2.75, 3.05) is 5.73 Å². The molecule has 1 heterocycles. The lowest BCUT2D eigenvalue weighted by Gasteiger charge is -2.07. The van der Waals surface area contributed by atoms with Crippen molar-refractivity contribution in [1.82, 2.24) is 15.0 Å². The summed E-state index contributed by atoms with van der Waals surface area (Å²) in [6.07, 6.45) is 0. The molecule has 3 rings (SSSR count). The van der Waals surface area contributed by atoms with E-state index in [1.54, 1.807) is 29.9 Å². The molecule has 0 saturated heterocycles. The van der Waals surface area contributed by atoms with E-state index in [0.29, 0.717) is 11.3 Å². The summed E-state index contributed by atoms with van der Waals surface area (Å²) in [5.41, 5.74) is 6.12. The predicted octanol–water partition coefficient (Wildman–Crippen LogP) is 2.62. The summed E-state index contributed by atoms with van der Waals surface area (Å²) >= 11 is 0. The van der Waals surface area contributed by atoms with Crippen molar-refractivity contribution < 1.29 is 13.5 Å². The van der Waals surface area contributed by atoms with E-state index in [-0.39, 0.29) is 5.75 Å². The highest BCUT2D eigenvalue weighted by atomic mass is 19.1. The molecule has 0 bridgehead atoms. The topological polar surface area (TPSA) is 66.0 Å². The highest BCUT2D eigenvalue weighted by Crippen LogP contribution is 2.28. The van der Waals surface area contributed by atoms with Crippen LogP contribution in [0.4, 0.5) is 14.5 Å². The minimum atomic E-state index is -0.861. The highest BCUT2D eigenvalue weighted by molar-refractivity contribution is 5.76. The molecule has 0 fully saturated rings. The van der Waals surface area contributed by atoms with E-state index < -0.39 is 17.3 Å². The fourth-order valence-corrected chi connectivity index (χ4v) is 1.84. The van der Waals surface area contributed by atoms with Gasteiger partial charge in [-0.2, -0.15) is 0 Å². The predicted molar refractivity (Wildman–Crippen MR) is 69.4 cm³/mol. The molecule has 0 amide bonds. The molecule has 3 aromatic rings. The standard InChI is InChI=1S/C13H10F2N4O/c1-19-12-3-2-7(6-11(12)17-18-19)20-8-4-9(14)13(16)10(15)5-8/h2-6H,16H2,1H3. The molecule has 0 atom stereocenters. The first-order valence-electron chi connectivity index (χ1n) is 5.76. The van der Waals surface area contributed by atoms with Gasteiger partial charge in [0.15, 0.2) is 11.6 Å². The third-order valence-electron chi connectivity index (χ3n) is 2.87. The Morgan fingerprint density at radius 1 is 1.10 bits per heavy atom. The molecule has 0 aliphatic heterocycles. The van der Waals surface area contributed by atoms with Gasteiger partial charge in [-0.25, -0.2) is 13.5 Å². The van der Waals surface area contributed by atoms with Gasteiger partial charge in [0.25, 0.3) is 0 Å². The van der Waals surface area contributed by atoms with E-state index in [4.69, 9.17) is 10.5 Å². The molecule has 2 N–H and O–H groups in total. The van der Waals surface area contributed by atoms with E-state index in [9.17, 15) is 8.78 Å². The van der Waals surface area contributed by atoms with E-state index in [1.165, 1.54) is 0 Å². The maximum Gasteiger partial charge on any atom is 0.152 e. The van der Waals surface area contributed by atoms with Crippen molar-refractivity contribution in [3.63, 3.8) is 0 Å². The minimum absolute atomic E-state index is 0.0254. The van der Waals surface area contributed by atoms with Crippen LogP contribution in [0.25, 0.3) is 11.0 Å². The summed E-state index contributed by atoms with van der Waals surface area (Å²) in [4.78, 5) is 0. The molecule has 20 heavy (non-hydrogen) atoms. The van der Waals surface area contributed by atoms with Gasteiger partial charge in [-0.3, -0.25) is 0 Å². The molecule has 1 aromatic heterocycles. The summed E-state index contributed by atoms with van der Waals surface area (Å²) in [5, 5.41) is 7.79. The Morgan fingerprint density at radius 2 is 1.80 bits per heavy atom. The Bertz CT molecular complexity index is 777. The lowest BCUT2D eigenvalue weighted by Crippen LogP contribution is -1.96. The number of nitrogen functional groups attached to an aromatic ring is 1. The van der Waals surface area contributed by atoms with Gasteiger partial charge in [-0.05, 0) is 12.1 Å². The third-order valence-corrected chi connectivity index (χ3v) is 2.87. The van der Waals surface area contributed by atoms with E-state index >= 15 is 0 Å². The number of anilines is 1. The van der Waals surface area contributed by atoms with Crippen LogP contribution in [-0.4, -0.2) is 15.0 Å². The first-order chi connectivity index (χ1) is 9.54. The van der Waals surface area contributed by atoms with Gasteiger partial charge in [0.05, 0.1) is 5.52 Å². The average molecular weight is 276 g/mol. The maximum absolute atomic E-state index is 13.3. The fraction of sp³-hybridized carbons (Fsp3) is 0.0769. The number of ether oxygens (including phenoxy) is 1. The van der Waals surface area contributed by atoms with Crippen LogP contribution >= 0.6 is 0 Å². The van der Waals surface area contributed by atoms with Crippen LogP contribution in [0.2, 0.25) is 0 Å². The number of hydrogen-bond acceptors (Lipinski definition) is 4. The fourth-order valence-electron chi connectivity index (χ4n) is 1.84. The number of nitrogens with zero attached hydrogens (tertiary/aromatic N) is 3. The summed E-state index contributed by atoms with van der Waals surface area (Å²) in [6.45, 7) is 0.